The fraction of sp³-hybridized carbons (Fsp3) is 0.833. The molecule has 28 heavy (non-hydrogen) atoms. The molecule has 0 saturated heterocycles. The highest BCUT2D eigenvalue weighted by molar-refractivity contribution is 5.21. The molecule has 2 rings (SSSR count). The van der Waals surface area contributed by atoms with Crippen molar-refractivity contribution in [3.05, 3.63) is 23.8 Å². The Labute approximate surface area is 173 Å². The van der Waals surface area contributed by atoms with Crippen LogP contribution >= 0.6 is 0 Å². The molecule has 0 unspecified atom stereocenters. The normalized spacial score (nSPS) is 29.5. The monoisotopic (exact) mass is 392 g/mol. The van der Waals surface area contributed by atoms with Crippen molar-refractivity contribution in [1.82, 2.24) is 10.2 Å². The van der Waals surface area contributed by atoms with Gasteiger partial charge in [-0.05, 0) is 91.0 Å². The molecule has 1 fully saturated rings. The number of hydrogen-bond acceptors (Lipinski definition) is 4. The zero-order chi connectivity index (χ0) is 20.6. The van der Waals surface area contributed by atoms with Crippen LogP contribution < -0.4 is 5.32 Å². The third-order valence-electron chi connectivity index (χ3n) is 6.52. The van der Waals surface area contributed by atoms with E-state index in [1.807, 2.05) is 6.92 Å². The number of unbranched alkanes of at least 4 members (excludes halogenated alkanes) is 1. The summed E-state index contributed by atoms with van der Waals surface area (Å²) in [7, 11) is 4.24. The molecule has 2 aliphatic carbocycles. The third kappa shape index (κ3) is 7.62. The highest BCUT2D eigenvalue weighted by Crippen LogP contribution is 2.47. The van der Waals surface area contributed by atoms with Crippen molar-refractivity contribution in [2.45, 2.75) is 76.9 Å². The van der Waals surface area contributed by atoms with Crippen molar-refractivity contribution in [3.63, 3.8) is 0 Å². The SMILES string of the molecule is CCCC[C@](C)(O)CC=C[C@@H]1[C@H]2CC(CCNCCCN(C)C)=C[C@H]2C[C@H]1O. The Morgan fingerprint density at radius 2 is 2.07 bits per heavy atom. The van der Waals surface area contributed by atoms with Gasteiger partial charge in [0.2, 0.25) is 0 Å². The molecule has 0 radical (unpaired) electrons. The van der Waals surface area contributed by atoms with Gasteiger partial charge in [-0.15, -0.1) is 0 Å². The summed E-state index contributed by atoms with van der Waals surface area (Å²) in [5.41, 5.74) is 0.947. The Hall–Kier alpha value is -0.680. The Morgan fingerprint density at radius 1 is 1.29 bits per heavy atom. The van der Waals surface area contributed by atoms with Gasteiger partial charge < -0.3 is 20.4 Å². The van der Waals surface area contributed by atoms with Gasteiger partial charge in [-0.2, -0.15) is 0 Å². The van der Waals surface area contributed by atoms with Crippen LogP contribution in [0.25, 0.3) is 0 Å². The molecule has 0 bridgehead atoms. The minimum atomic E-state index is -0.618. The van der Waals surface area contributed by atoms with E-state index in [4.69, 9.17) is 0 Å². The molecular weight excluding hydrogens is 348 g/mol. The summed E-state index contributed by atoms with van der Waals surface area (Å²) in [6.07, 6.45) is 14.6. The Morgan fingerprint density at radius 3 is 2.79 bits per heavy atom. The van der Waals surface area contributed by atoms with Crippen LogP contribution in [0.5, 0.6) is 0 Å². The molecule has 0 heterocycles. The molecule has 3 N–H and O–H groups in total. The van der Waals surface area contributed by atoms with E-state index in [2.05, 4.69) is 49.5 Å². The van der Waals surface area contributed by atoms with Gasteiger partial charge in [0, 0.05) is 5.92 Å². The van der Waals surface area contributed by atoms with Crippen LogP contribution in [0.3, 0.4) is 0 Å². The maximum atomic E-state index is 10.5. The average molecular weight is 393 g/mol. The van der Waals surface area contributed by atoms with Gasteiger partial charge in [0.25, 0.3) is 0 Å². The summed E-state index contributed by atoms with van der Waals surface area (Å²) in [5, 5.41) is 24.5. The van der Waals surface area contributed by atoms with E-state index in [0.29, 0.717) is 18.3 Å². The Balaban J connectivity index is 1.73. The first-order valence-corrected chi connectivity index (χ1v) is 11.4. The van der Waals surface area contributed by atoms with Gasteiger partial charge in [0.15, 0.2) is 0 Å². The summed E-state index contributed by atoms with van der Waals surface area (Å²) >= 11 is 0. The summed E-state index contributed by atoms with van der Waals surface area (Å²) in [6, 6.07) is 0. The lowest BCUT2D eigenvalue weighted by Gasteiger charge is -2.22. The molecule has 1 saturated carbocycles. The second-order valence-electron chi connectivity index (χ2n) is 9.63. The van der Waals surface area contributed by atoms with E-state index in [0.717, 1.165) is 58.2 Å². The van der Waals surface area contributed by atoms with Crippen LogP contribution in [0, 0.1) is 17.8 Å². The standard InChI is InChI=1S/C24H44N2O2/c1-5-6-11-24(2,28)12-7-9-21-22-17-19(16-20(22)18-23(21)27)10-14-25-13-8-15-26(3)4/h7,9,16,20-23,25,27-28H,5-6,8,10-15,17-18H2,1-4H3/t20-,21+,22-,23+,24-/m0/s1. The van der Waals surface area contributed by atoms with E-state index in [-0.39, 0.29) is 12.0 Å². The lowest BCUT2D eigenvalue weighted by Crippen LogP contribution is -2.23. The molecule has 162 valence electrons. The Bertz CT molecular complexity index is 513. The fourth-order valence-corrected chi connectivity index (χ4v) is 4.82. The highest BCUT2D eigenvalue weighted by Gasteiger charge is 2.43. The maximum Gasteiger partial charge on any atom is 0.0654 e. The van der Waals surface area contributed by atoms with Gasteiger partial charge in [-0.3, -0.25) is 0 Å². The van der Waals surface area contributed by atoms with Crippen LogP contribution in [-0.2, 0) is 0 Å². The molecule has 0 amide bonds. The summed E-state index contributed by atoms with van der Waals surface area (Å²) in [5.74, 6) is 1.33. The van der Waals surface area contributed by atoms with Crippen LogP contribution in [0.1, 0.15) is 65.2 Å². The van der Waals surface area contributed by atoms with E-state index in [1.165, 1.54) is 6.42 Å². The molecule has 0 aliphatic heterocycles. The highest BCUT2D eigenvalue weighted by atomic mass is 16.3. The predicted octanol–water partition coefficient (Wildman–Crippen LogP) is 3.75. The van der Waals surface area contributed by atoms with E-state index < -0.39 is 5.60 Å². The third-order valence-corrected chi connectivity index (χ3v) is 6.52. The van der Waals surface area contributed by atoms with E-state index in [1.54, 1.807) is 5.57 Å². The zero-order valence-electron chi connectivity index (χ0n) is 18.7. The molecule has 0 aromatic rings. The summed E-state index contributed by atoms with van der Waals surface area (Å²) in [4.78, 5) is 2.23. The van der Waals surface area contributed by atoms with Gasteiger partial charge in [-0.1, -0.05) is 43.6 Å². The van der Waals surface area contributed by atoms with Crippen molar-refractivity contribution >= 4 is 0 Å². The fourth-order valence-electron chi connectivity index (χ4n) is 4.82. The molecule has 0 spiro atoms. The first kappa shape index (κ1) is 23.6. The number of rotatable bonds is 13. The van der Waals surface area contributed by atoms with Crippen LogP contribution in [0.4, 0.5) is 0 Å². The molecule has 4 heteroatoms. The zero-order valence-corrected chi connectivity index (χ0v) is 18.7. The predicted molar refractivity (Wildman–Crippen MR) is 118 cm³/mol. The molecule has 0 aromatic carbocycles. The number of hydrogen-bond donors (Lipinski definition) is 3. The van der Waals surface area contributed by atoms with Crippen molar-refractivity contribution < 1.29 is 10.2 Å². The summed E-state index contributed by atoms with van der Waals surface area (Å²) in [6.45, 7) is 7.37. The summed E-state index contributed by atoms with van der Waals surface area (Å²) < 4.78 is 0. The maximum absolute atomic E-state index is 10.5. The van der Waals surface area contributed by atoms with Crippen molar-refractivity contribution in [3.8, 4) is 0 Å². The van der Waals surface area contributed by atoms with Crippen LogP contribution in [0.2, 0.25) is 0 Å². The number of fused-ring (bicyclic) bond motifs is 1. The van der Waals surface area contributed by atoms with Gasteiger partial charge in [0.05, 0.1) is 11.7 Å². The number of nitrogens with zero attached hydrogens (tertiary/aromatic N) is 1. The van der Waals surface area contributed by atoms with Gasteiger partial charge in [0.1, 0.15) is 0 Å². The second-order valence-corrected chi connectivity index (χ2v) is 9.63. The molecular formula is C24H44N2O2. The molecule has 4 nitrogen and oxygen atoms in total. The quantitative estimate of drug-likeness (QED) is 0.330. The van der Waals surface area contributed by atoms with E-state index in [9.17, 15) is 10.2 Å². The number of aliphatic hydroxyl groups excluding tert-OH is 1. The molecule has 2 aliphatic rings. The minimum absolute atomic E-state index is 0.228. The van der Waals surface area contributed by atoms with Crippen molar-refractivity contribution in [2.24, 2.45) is 17.8 Å². The smallest absolute Gasteiger partial charge is 0.0654 e. The lowest BCUT2D eigenvalue weighted by atomic mass is 9.88. The minimum Gasteiger partial charge on any atom is -0.392 e. The van der Waals surface area contributed by atoms with Crippen molar-refractivity contribution in [1.29, 1.82) is 0 Å². The topological polar surface area (TPSA) is 55.7 Å². The Kier molecular flexibility index (Phi) is 9.68. The lowest BCUT2D eigenvalue weighted by molar-refractivity contribution is 0.0513. The molecule has 5 atom stereocenters. The van der Waals surface area contributed by atoms with Gasteiger partial charge >= 0.3 is 0 Å². The first-order valence-electron chi connectivity index (χ1n) is 11.4. The van der Waals surface area contributed by atoms with E-state index >= 15 is 0 Å². The number of nitrogens with one attached hydrogen (secondary N) is 1. The van der Waals surface area contributed by atoms with Crippen LogP contribution in [-0.4, -0.2) is 60.5 Å². The number of allylic oxidation sites excluding steroid dienone is 1. The molecule has 0 aromatic heterocycles. The van der Waals surface area contributed by atoms with Crippen molar-refractivity contribution in [2.75, 3.05) is 33.7 Å². The second kappa shape index (κ2) is 11.5. The number of aliphatic hydroxyl groups is 2. The largest absolute Gasteiger partial charge is 0.392 e. The first-order chi connectivity index (χ1) is 13.3. The van der Waals surface area contributed by atoms with Gasteiger partial charge in [-0.25, -0.2) is 0 Å². The van der Waals surface area contributed by atoms with Crippen LogP contribution in [0.15, 0.2) is 23.8 Å². The average Bonchev–Trinajstić information content (AvgIpc) is 3.13.